The number of benzene rings is 2. The van der Waals surface area contributed by atoms with Gasteiger partial charge in [0.1, 0.15) is 11.6 Å². The third-order valence-electron chi connectivity index (χ3n) is 3.38. The highest BCUT2D eigenvalue weighted by atomic mass is 35.5. The summed E-state index contributed by atoms with van der Waals surface area (Å²) < 4.78 is 5.00. The molecule has 5 nitrogen and oxygen atoms in total. The zero-order valence-corrected chi connectivity index (χ0v) is 14.9. The molecule has 0 saturated carbocycles. The van der Waals surface area contributed by atoms with Crippen LogP contribution < -0.4 is 10.1 Å². The Balaban J connectivity index is 2.31. The Morgan fingerprint density at radius 3 is 2.60 bits per heavy atom. The minimum Gasteiger partial charge on any atom is -0.503 e. The first-order chi connectivity index (χ1) is 11.8. The Kier molecular flexibility index (Phi) is 5.92. The fraction of sp³-hybridized carbons (Fsp3) is 0.111. The molecule has 0 saturated heterocycles. The van der Waals surface area contributed by atoms with Gasteiger partial charge < -0.3 is 15.2 Å². The quantitative estimate of drug-likeness (QED) is 0.604. The molecule has 0 bridgehead atoms. The van der Waals surface area contributed by atoms with Crippen molar-refractivity contribution in [2.24, 2.45) is 0 Å². The predicted molar refractivity (Wildman–Crippen MR) is 98.1 cm³/mol. The minimum atomic E-state index is -0.592. The summed E-state index contributed by atoms with van der Waals surface area (Å²) >= 11 is 11.9. The molecule has 0 aliphatic rings. The van der Waals surface area contributed by atoms with E-state index in [1.165, 1.54) is 25.3 Å². The van der Waals surface area contributed by atoms with Gasteiger partial charge in [0.15, 0.2) is 11.5 Å². The van der Waals surface area contributed by atoms with Gasteiger partial charge in [-0.25, -0.2) is 0 Å². The number of nitriles is 1. The SMILES string of the molecule is COc1cc(/C=C(/C#N)C(=O)Nc2ccc(C)c(Cl)c2)cc(Cl)c1O. The summed E-state index contributed by atoms with van der Waals surface area (Å²) in [5, 5.41) is 22.2. The average molecular weight is 377 g/mol. The molecule has 1 amide bonds. The van der Waals surface area contributed by atoms with Crippen molar-refractivity contribution >= 4 is 40.9 Å². The van der Waals surface area contributed by atoms with Crippen LogP contribution in [0.5, 0.6) is 11.5 Å². The molecule has 0 aliphatic heterocycles. The molecule has 0 atom stereocenters. The average Bonchev–Trinajstić information content (AvgIpc) is 2.58. The molecule has 0 aliphatic carbocycles. The lowest BCUT2D eigenvalue weighted by Crippen LogP contribution is -2.13. The molecule has 2 N–H and O–H groups in total. The monoisotopic (exact) mass is 376 g/mol. The second-order valence-electron chi connectivity index (χ2n) is 5.14. The van der Waals surface area contributed by atoms with E-state index in [0.29, 0.717) is 16.3 Å². The summed E-state index contributed by atoms with van der Waals surface area (Å²) in [6, 6.07) is 9.78. The number of methoxy groups -OCH3 is 1. The predicted octanol–water partition coefficient (Wildman–Crippen LogP) is 4.56. The molecular formula is C18H14Cl2N2O3. The number of aromatic hydroxyl groups is 1. The Bertz CT molecular complexity index is 902. The highest BCUT2D eigenvalue weighted by Crippen LogP contribution is 2.35. The van der Waals surface area contributed by atoms with E-state index in [1.807, 2.05) is 13.0 Å². The lowest BCUT2D eigenvalue weighted by Gasteiger charge is -2.08. The van der Waals surface area contributed by atoms with Crippen LogP contribution in [0.25, 0.3) is 6.08 Å². The summed E-state index contributed by atoms with van der Waals surface area (Å²) in [6.07, 6.45) is 1.35. The number of amides is 1. The van der Waals surface area contributed by atoms with E-state index in [2.05, 4.69) is 5.32 Å². The number of phenols is 1. The molecule has 2 rings (SSSR count). The maximum atomic E-state index is 12.3. The van der Waals surface area contributed by atoms with Crippen molar-refractivity contribution in [3.05, 3.63) is 57.1 Å². The Hall–Kier alpha value is -2.68. The zero-order valence-electron chi connectivity index (χ0n) is 13.4. The molecule has 25 heavy (non-hydrogen) atoms. The van der Waals surface area contributed by atoms with Gasteiger partial charge in [0.05, 0.1) is 12.1 Å². The number of ether oxygens (including phenoxy) is 1. The van der Waals surface area contributed by atoms with Gasteiger partial charge in [-0.05, 0) is 48.4 Å². The zero-order chi connectivity index (χ0) is 18.6. The first-order valence-electron chi connectivity index (χ1n) is 7.11. The van der Waals surface area contributed by atoms with E-state index in [-0.39, 0.29) is 22.1 Å². The summed E-state index contributed by atoms with van der Waals surface area (Å²) in [6.45, 7) is 1.84. The van der Waals surface area contributed by atoms with Gasteiger partial charge >= 0.3 is 0 Å². The number of hydrogen-bond donors (Lipinski definition) is 2. The van der Waals surface area contributed by atoms with E-state index < -0.39 is 5.91 Å². The lowest BCUT2D eigenvalue weighted by atomic mass is 10.1. The van der Waals surface area contributed by atoms with Crippen LogP contribution in [0.15, 0.2) is 35.9 Å². The van der Waals surface area contributed by atoms with Gasteiger partial charge in [0.2, 0.25) is 0 Å². The molecular weight excluding hydrogens is 363 g/mol. The number of halogens is 2. The minimum absolute atomic E-state index is 0.0496. The smallest absolute Gasteiger partial charge is 0.266 e. The fourth-order valence-electron chi connectivity index (χ4n) is 2.02. The largest absolute Gasteiger partial charge is 0.503 e. The number of anilines is 1. The van der Waals surface area contributed by atoms with Crippen LogP contribution in [0.2, 0.25) is 10.0 Å². The van der Waals surface area contributed by atoms with Crippen LogP contribution in [0, 0.1) is 18.3 Å². The molecule has 0 radical (unpaired) electrons. The Labute approximate surface area is 155 Å². The van der Waals surface area contributed by atoms with Crippen LogP contribution in [-0.2, 0) is 4.79 Å². The standard InChI is InChI=1S/C18H14Cl2N2O3/c1-10-3-4-13(8-14(10)19)22-18(24)12(9-21)5-11-6-15(20)17(23)16(7-11)25-2/h3-8,23H,1-2H3,(H,22,24)/b12-5-. The second-order valence-corrected chi connectivity index (χ2v) is 5.96. The molecule has 0 heterocycles. The maximum absolute atomic E-state index is 12.3. The van der Waals surface area contributed by atoms with E-state index in [1.54, 1.807) is 18.2 Å². The molecule has 2 aromatic rings. The first kappa shape index (κ1) is 18.7. The van der Waals surface area contributed by atoms with Crippen molar-refractivity contribution in [2.45, 2.75) is 6.92 Å². The van der Waals surface area contributed by atoms with Gasteiger partial charge in [-0.1, -0.05) is 29.3 Å². The number of rotatable bonds is 4. The molecule has 0 fully saturated rings. The number of carbonyl (C=O) groups is 1. The highest BCUT2D eigenvalue weighted by molar-refractivity contribution is 6.32. The van der Waals surface area contributed by atoms with E-state index >= 15 is 0 Å². The van der Waals surface area contributed by atoms with Crippen LogP contribution >= 0.6 is 23.2 Å². The third kappa shape index (κ3) is 4.44. The number of aryl methyl sites for hydroxylation is 1. The number of nitrogens with one attached hydrogen (secondary N) is 1. The Morgan fingerprint density at radius 1 is 1.28 bits per heavy atom. The van der Waals surface area contributed by atoms with Crippen molar-refractivity contribution in [3.8, 4) is 17.6 Å². The van der Waals surface area contributed by atoms with Crippen molar-refractivity contribution in [3.63, 3.8) is 0 Å². The number of carbonyl (C=O) groups excluding carboxylic acids is 1. The van der Waals surface area contributed by atoms with Crippen molar-refractivity contribution in [1.82, 2.24) is 0 Å². The number of nitrogens with zero attached hydrogens (tertiary/aromatic N) is 1. The summed E-state index contributed by atoms with van der Waals surface area (Å²) in [5.74, 6) is -0.661. The van der Waals surface area contributed by atoms with Gasteiger partial charge in [-0.2, -0.15) is 5.26 Å². The Morgan fingerprint density at radius 2 is 2.00 bits per heavy atom. The van der Waals surface area contributed by atoms with E-state index in [9.17, 15) is 15.2 Å². The van der Waals surface area contributed by atoms with Crippen molar-refractivity contribution in [2.75, 3.05) is 12.4 Å². The lowest BCUT2D eigenvalue weighted by molar-refractivity contribution is -0.112. The molecule has 128 valence electrons. The molecule has 7 heteroatoms. The van der Waals surface area contributed by atoms with Gasteiger partial charge in [0, 0.05) is 10.7 Å². The second kappa shape index (κ2) is 7.93. The summed E-state index contributed by atoms with van der Waals surface area (Å²) in [7, 11) is 1.37. The molecule has 2 aromatic carbocycles. The first-order valence-corrected chi connectivity index (χ1v) is 7.87. The molecule has 0 spiro atoms. The van der Waals surface area contributed by atoms with Crippen LogP contribution in [0.3, 0.4) is 0 Å². The normalized spacial score (nSPS) is 10.9. The molecule has 0 aromatic heterocycles. The van der Waals surface area contributed by atoms with Crippen molar-refractivity contribution in [1.29, 1.82) is 5.26 Å². The topological polar surface area (TPSA) is 82.3 Å². The summed E-state index contributed by atoms with van der Waals surface area (Å²) in [5.41, 5.74) is 1.65. The number of phenolic OH excluding ortho intramolecular Hbond substituents is 1. The van der Waals surface area contributed by atoms with E-state index in [4.69, 9.17) is 27.9 Å². The summed E-state index contributed by atoms with van der Waals surface area (Å²) in [4.78, 5) is 12.3. The highest BCUT2D eigenvalue weighted by Gasteiger charge is 2.13. The van der Waals surface area contributed by atoms with Crippen LogP contribution in [-0.4, -0.2) is 18.1 Å². The fourth-order valence-corrected chi connectivity index (χ4v) is 2.42. The molecule has 0 unspecified atom stereocenters. The van der Waals surface area contributed by atoms with Gasteiger partial charge in [0.25, 0.3) is 5.91 Å². The van der Waals surface area contributed by atoms with Gasteiger partial charge in [-0.15, -0.1) is 0 Å². The van der Waals surface area contributed by atoms with E-state index in [0.717, 1.165) is 5.56 Å². The van der Waals surface area contributed by atoms with Crippen LogP contribution in [0.4, 0.5) is 5.69 Å². The third-order valence-corrected chi connectivity index (χ3v) is 4.07. The van der Waals surface area contributed by atoms with Crippen molar-refractivity contribution < 1.29 is 14.6 Å². The maximum Gasteiger partial charge on any atom is 0.266 e. The van der Waals surface area contributed by atoms with Crippen LogP contribution in [0.1, 0.15) is 11.1 Å². The van der Waals surface area contributed by atoms with Gasteiger partial charge in [-0.3, -0.25) is 4.79 Å². The number of hydrogen-bond acceptors (Lipinski definition) is 4.